The third-order valence-corrected chi connectivity index (χ3v) is 11.9. The number of cyclic esters (lactones) is 1. The van der Waals surface area contributed by atoms with E-state index >= 15 is 0 Å². The maximum Gasteiger partial charge on any atom is 0.333 e. The number of fused-ring (bicyclic) bond motifs is 1. The molecule has 1 aromatic carbocycles. The van der Waals surface area contributed by atoms with Crippen molar-refractivity contribution in [3.05, 3.63) is 59.9 Å². The summed E-state index contributed by atoms with van der Waals surface area (Å²) >= 11 is 0. The molecule has 2 aromatic rings. The zero-order valence-electron chi connectivity index (χ0n) is 38.2. The smallest absolute Gasteiger partial charge is 0.333 e. The Labute approximate surface area is 369 Å². The number of amides is 7. The van der Waals surface area contributed by atoms with Gasteiger partial charge in [0.15, 0.2) is 11.7 Å². The molecule has 0 aliphatic carbocycles. The summed E-state index contributed by atoms with van der Waals surface area (Å²) in [4.78, 5) is 122. The van der Waals surface area contributed by atoms with Crippen LogP contribution in [0.4, 0.5) is 0 Å². The van der Waals surface area contributed by atoms with Gasteiger partial charge in [0.25, 0.3) is 5.91 Å². The van der Waals surface area contributed by atoms with Gasteiger partial charge in [0.2, 0.25) is 35.4 Å². The molecule has 0 radical (unpaired) electrons. The molecule has 2 aliphatic heterocycles. The molecule has 4 rings (SSSR count). The first-order valence-electron chi connectivity index (χ1n) is 21.4. The molecular weight excluding hydrogens is 813 g/mol. The molecule has 18 nitrogen and oxygen atoms in total. The number of likely N-dealkylation sites (N-methyl/N-ethyl adjacent to an activating group) is 3. The van der Waals surface area contributed by atoms with Crippen molar-refractivity contribution in [2.45, 2.75) is 111 Å². The van der Waals surface area contributed by atoms with Crippen LogP contribution in [0.2, 0.25) is 0 Å². The quantitative estimate of drug-likeness (QED) is 0.294. The number of aromatic nitrogens is 1. The summed E-state index contributed by atoms with van der Waals surface area (Å²) < 4.78 is 5.94. The highest BCUT2D eigenvalue weighted by Crippen LogP contribution is 2.28. The minimum absolute atomic E-state index is 0.0936. The maximum atomic E-state index is 14.6. The van der Waals surface area contributed by atoms with Gasteiger partial charge in [-0.1, -0.05) is 71.9 Å². The largest absolute Gasteiger partial charge is 0.505 e. The Morgan fingerprint density at radius 3 is 2.11 bits per heavy atom. The fraction of sp³-hybridized carbons (Fsp3) is 0.578. The van der Waals surface area contributed by atoms with Crippen LogP contribution >= 0.6 is 0 Å². The van der Waals surface area contributed by atoms with Gasteiger partial charge in [-0.25, -0.2) is 9.78 Å². The average molecular weight is 877 g/mol. The van der Waals surface area contributed by atoms with E-state index in [9.17, 15) is 43.5 Å². The third kappa shape index (κ3) is 11.9. The number of ether oxygens (including phenoxy) is 1. The van der Waals surface area contributed by atoms with E-state index in [2.05, 4.69) is 20.9 Å². The van der Waals surface area contributed by atoms with Crippen LogP contribution in [0.25, 0.3) is 0 Å². The van der Waals surface area contributed by atoms with Gasteiger partial charge in [-0.2, -0.15) is 0 Å². The molecule has 7 amide bonds. The van der Waals surface area contributed by atoms with E-state index in [-0.39, 0.29) is 37.1 Å². The van der Waals surface area contributed by atoms with Crippen LogP contribution in [-0.2, 0) is 38.3 Å². The van der Waals surface area contributed by atoms with Crippen LogP contribution in [0.1, 0.15) is 90.3 Å². The van der Waals surface area contributed by atoms with Gasteiger partial charge in [0.05, 0.1) is 6.54 Å². The van der Waals surface area contributed by atoms with Crippen molar-refractivity contribution in [3.63, 3.8) is 0 Å². The number of nitrogens with zero attached hydrogens (tertiary/aromatic N) is 5. The zero-order valence-corrected chi connectivity index (χ0v) is 38.2. The van der Waals surface area contributed by atoms with Crippen molar-refractivity contribution in [2.24, 2.45) is 23.7 Å². The van der Waals surface area contributed by atoms with E-state index in [1.165, 1.54) is 68.0 Å². The van der Waals surface area contributed by atoms with Crippen LogP contribution < -0.4 is 16.0 Å². The molecule has 2 saturated heterocycles. The van der Waals surface area contributed by atoms with Crippen LogP contribution in [0.15, 0.2) is 48.7 Å². The summed E-state index contributed by atoms with van der Waals surface area (Å²) in [6.07, 6.45) is 0.190. The molecule has 0 bridgehead atoms. The number of pyridine rings is 1. The predicted molar refractivity (Wildman–Crippen MR) is 231 cm³/mol. The van der Waals surface area contributed by atoms with Crippen molar-refractivity contribution in [3.8, 4) is 5.75 Å². The van der Waals surface area contributed by atoms with E-state index in [4.69, 9.17) is 4.74 Å². The Morgan fingerprint density at radius 1 is 0.857 bits per heavy atom. The number of aromatic hydroxyl groups is 1. The Bertz CT molecular complexity index is 2010. The van der Waals surface area contributed by atoms with Gasteiger partial charge in [0, 0.05) is 33.9 Å². The lowest BCUT2D eigenvalue weighted by Gasteiger charge is -2.37. The molecule has 18 heteroatoms. The number of nitrogens with one attached hydrogen (secondary N) is 3. The van der Waals surface area contributed by atoms with Crippen LogP contribution in [0.5, 0.6) is 5.75 Å². The molecule has 0 spiro atoms. The number of hydrogen-bond acceptors (Lipinski definition) is 11. The normalized spacial score (nSPS) is 27.0. The van der Waals surface area contributed by atoms with Crippen molar-refractivity contribution < 1.29 is 48.2 Å². The molecule has 344 valence electrons. The lowest BCUT2D eigenvalue weighted by Crippen LogP contribution is -2.60. The number of esters is 1. The molecule has 2 aliphatic rings. The Balaban J connectivity index is 1.86. The summed E-state index contributed by atoms with van der Waals surface area (Å²) in [5.74, 6) is -7.17. The van der Waals surface area contributed by atoms with Gasteiger partial charge in [-0.05, 0) is 68.1 Å². The van der Waals surface area contributed by atoms with Gasteiger partial charge in [0.1, 0.15) is 42.1 Å². The lowest BCUT2D eigenvalue weighted by molar-refractivity contribution is -0.161. The van der Waals surface area contributed by atoms with Crippen LogP contribution in [0, 0.1) is 23.7 Å². The molecular formula is C45H64N8O10. The monoisotopic (exact) mass is 876 g/mol. The first-order chi connectivity index (χ1) is 29.5. The number of hydrogen-bond donors (Lipinski definition) is 4. The van der Waals surface area contributed by atoms with Crippen LogP contribution in [0.3, 0.4) is 0 Å². The standard InChI is InChI=1S/C45H64N8O10/c1-24(2)20-31-43(60)53-22-26(5)21-32(53)44(61)50(9)23-34(55)51(10)37(27(6)25(3)4)41(58)47-28(7)42(59)52(11)38(30-16-13-12-14-17-30)45(62)63-29(8)35(39(56)48-31)49-40(57)36-33(54)18-15-19-46-36/h12-19,24-29,31-32,35,37-38,54H,20-23H2,1-11H3,(H,47,58)(H,48,56)(H,49,57)/t26-,27?,28+,29-,31-,32-,35+,37+,38+/m1/s1. The fourth-order valence-electron chi connectivity index (χ4n) is 8.05. The second-order valence-electron chi connectivity index (χ2n) is 17.7. The Kier molecular flexibility index (Phi) is 16.8. The van der Waals surface area contributed by atoms with Crippen molar-refractivity contribution in [1.29, 1.82) is 0 Å². The van der Waals surface area contributed by atoms with E-state index < -0.39 is 114 Å². The summed E-state index contributed by atoms with van der Waals surface area (Å²) in [6.45, 7) is 13.7. The number of benzene rings is 1. The molecule has 0 saturated carbocycles. The van der Waals surface area contributed by atoms with E-state index in [1.54, 1.807) is 30.3 Å². The molecule has 3 heterocycles. The maximum absolute atomic E-state index is 14.6. The first-order valence-corrected chi connectivity index (χ1v) is 21.4. The predicted octanol–water partition coefficient (Wildman–Crippen LogP) is 1.88. The number of carbonyl (C=O) groups is 8. The minimum Gasteiger partial charge on any atom is -0.505 e. The Morgan fingerprint density at radius 2 is 1.51 bits per heavy atom. The van der Waals surface area contributed by atoms with E-state index in [0.29, 0.717) is 5.56 Å². The van der Waals surface area contributed by atoms with Crippen molar-refractivity contribution in [2.75, 3.05) is 34.2 Å². The SMILES string of the molecule is CC(C)C[C@H]1NC(=O)[C@@H](NC(=O)c2ncccc2O)[C@@H](C)OC(=O)[C@H](c2ccccc2)N(C)C(=O)[C@H](C)NC(=O)[C@H](C(C)C(C)C)N(C)C(=O)CN(C)C(=O)[C@H]2C[C@@H](C)CN2C1=O. The highest BCUT2D eigenvalue weighted by atomic mass is 16.5. The highest BCUT2D eigenvalue weighted by molar-refractivity contribution is 6.00. The second-order valence-corrected chi connectivity index (χ2v) is 17.7. The van der Waals surface area contributed by atoms with E-state index in [1.807, 2.05) is 41.5 Å². The topological polar surface area (TPSA) is 228 Å². The molecule has 1 unspecified atom stereocenters. The van der Waals surface area contributed by atoms with Gasteiger partial charge in [-0.3, -0.25) is 33.6 Å². The summed E-state index contributed by atoms with van der Waals surface area (Å²) in [7, 11) is 4.26. The summed E-state index contributed by atoms with van der Waals surface area (Å²) in [5, 5.41) is 18.5. The minimum atomic E-state index is -1.69. The molecule has 9 atom stereocenters. The molecule has 63 heavy (non-hydrogen) atoms. The Hall–Kier alpha value is -6.07. The first kappa shape index (κ1) is 49.6. The van der Waals surface area contributed by atoms with Crippen molar-refractivity contribution >= 4 is 47.3 Å². The highest BCUT2D eigenvalue weighted by Gasteiger charge is 2.44. The van der Waals surface area contributed by atoms with Crippen LogP contribution in [-0.4, -0.2) is 148 Å². The second kappa shape index (κ2) is 21.3. The van der Waals surface area contributed by atoms with Gasteiger partial charge < -0.3 is 45.4 Å². The van der Waals surface area contributed by atoms with Gasteiger partial charge >= 0.3 is 5.97 Å². The van der Waals surface area contributed by atoms with Crippen molar-refractivity contribution in [1.82, 2.24) is 40.5 Å². The third-order valence-electron chi connectivity index (χ3n) is 11.9. The molecule has 1 aromatic heterocycles. The van der Waals surface area contributed by atoms with Gasteiger partial charge in [-0.15, -0.1) is 0 Å². The summed E-state index contributed by atoms with van der Waals surface area (Å²) in [5.41, 5.74) is -0.0965. The summed E-state index contributed by atoms with van der Waals surface area (Å²) in [6, 6.07) is 3.22. The average Bonchev–Trinajstić information content (AvgIpc) is 3.62. The lowest BCUT2D eigenvalue weighted by atomic mass is 9.88. The number of rotatable bonds is 7. The zero-order chi connectivity index (χ0) is 47.0. The molecule has 2 fully saturated rings. The molecule has 4 N–H and O–H groups in total. The number of carbonyl (C=O) groups excluding carboxylic acids is 8. The fourth-order valence-corrected chi connectivity index (χ4v) is 8.05. The van der Waals surface area contributed by atoms with E-state index in [0.717, 1.165) is 4.90 Å².